The van der Waals surface area contributed by atoms with Crippen molar-refractivity contribution in [3.05, 3.63) is 76.3 Å². The molecule has 98 valence electrons. The van der Waals surface area contributed by atoms with Crippen LogP contribution in [0.5, 0.6) is 0 Å². The van der Waals surface area contributed by atoms with Gasteiger partial charge in [-0.2, -0.15) is 0 Å². The number of carbonyl (C=O) groups excluding carboxylic acids is 1. The van der Waals surface area contributed by atoms with Gasteiger partial charge in [0, 0.05) is 28.9 Å². The molecule has 0 fully saturated rings. The van der Waals surface area contributed by atoms with Crippen molar-refractivity contribution in [3.63, 3.8) is 0 Å². The number of halogens is 2. The Kier molecular flexibility index (Phi) is 3.32. The van der Waals surface area contributed by atoms with Gasteiger partial charge in [0.15, 0.2) is 5.78 Å². The Morgan fingerprint density at radius 1 is 1.10 bits per heavy atom. The molecule has 3 rings (SSSR count). The summed E-state index contributed by atoms with van der Waals surface area (Å²) >= 11 is 3.08. The second-order valence-corrected chi connectivity index (χ2v) is 5.22. The quantitative estimate of drug-likeness (QED) is 0.653. The van der Waals surface area contributed by atoms with E-state index in [1.54, 1.807) is 12.3 Å². The lowest BCUT2D eigenvalue weighted by Gasteiger charge is -2.06. The van der Waals surface area contributed by atoms with E-state index in [2.05, 4.69) is 20.9 Å². The Morgan fingerprint density at radius 2 is 1.90 bits per heavy atom. The summed E-state index contributed by atoms with van der Waals surface area (Å²) in [4.78, 5) is 16.6. The second-order valence-electron chi connectivity index (χ2n) is 4.37. The van der Waals surface area contributed by atoms with E-state index in [0.29, 0.717) is 15.6 Å². The van der Waals surface area contributed by atoms with Crippen LogP contribution in [0.4, 0.5) is 4.39 Å². The van der Waals surface area contributed by atoms with Crippen LogP contribution in [0.15, 0.2) is 59.3 Å². The number of hydrogen-bond donors (Lipinski definition) is 0. The fourth-order valence-electron chi connectivity index (χ4n) is 2.09. The highest BCUT2D eigenvalue weighted by Gasteiger charge is 2.14. The largest absolute Gasteiger partial charge is 0.289 e. The maximum atomic E-state index is 13.6. The smallest absolute Gasteiger partial charge is 0.195 e. The molecule has 0 aliphatic carbocycles. The van der Waals surface area contributed by atoms with Crippen LogP contribution < -0.4 is 0 Å². The summed E-state index contributed by atoms with van der Waals surface area (Å²) in [6.45, 7) is 0. The van der Waals surface area contributed by atoms with E-state index < -0.39 is 5.82 Å². The molecule has 0 bridgehead atoms. The first-order chi connectivity index (χ1) is 9.66. The molecule has 2 nitrogen and oxygen atoms in total. The van der Waals surface area contributed by atoms with E-state index in [1.165, 1.54) is 18.3 Å². The van der Waals surface area contributed by atoms with E-state index in [1.807, 2.05) is 24.3 Å². The standard InChI is InChI=1S/C16H9BrFNO/c17-14-6-5-10(7-15(14)18)16(20)13-9-19-8-11-3-1-2-4-12(11)13/h1-9H. The molecule has 0 atom stereocenters. The van der Waals surface area contributed by atoms with Gasteiger partial charge in [-0.3, -0.25) is 9.78 Å². The van der Waals surface area contributed by atoms with Crippen molar-refractivity contribution < 1.29 is 9.18 Å². The molecule has 4 heteroatoms. The molecular formula is C16H9BrFNO. The lowest BCUT2D eigenvalue weighted by molar-refractivity contribution is 0.103. The van der Waals surface area contributed by atoms with E-state index in [9.17, 15) is 9.18 Å². The zero-order chi connectivity index (χ0) is 14.1. The van der Waals surface area contributed by atoms with Gasteiger partial charge in [-0.25, -0.2) is 4.39 Å². The highest BCUT2D eigenvalue weighted by atomic mass is 79.9. The first-order valence-corrected chi connectivity index (χ1v) is 6.78. The fourth-order valence-corrected chi connectivity index (χ4v) is 2.34. The van der Waals surface area contributed by atoms with Crippen molar-refractivity contribution in [2.45, 2.75) is 0 Å². The third-order valence-electron chi connectivity index (χ3n) is 3.09. The molecule has 1 heterocycles. The maximum Gasteiger partial charge on any atom is 0.195 e. The molecule has 2 aromatic carbocycles. The van der Waals surface area contributed by atoms with Gasteiger partial charge in [0.2, 0.25) is 0 Å². The number of pyridine rings is 1. The van der Waals surface area contributed by atoms with Gasteiger partial charge in [-0.05, 0) is 39.5 Å². The number of aromatic nitrogens is 1. The van der Waals surface area contributed by atoms with Gasteiger partial charge in [0.05, 0.1) is 4.47 Å². The Labute approximate surface area is 123 Å². The number of hydrogen-bond acceptors (Lipinski definition) is 2. The first-order valence-electron chi connectivity index (χ1n) is 5.99. The second kappa shape index (κ2) is 5.13. The SMILES string of the molecule is O=C(c1ccc(Br)c(F)c1)c1cncc2ccccc12. The predicted octanol–water partition coefficient (Wildman–Crippen LogP) is 4.37. The number of benzene rings is 2. The van der Waals surface area contributed by atoms with Gasteiger partial charge in [-0.15, -0.1) is 0 Å². The minimum Gasteiger partial charge on any atom is -0.289 e. The molecule has 3 aromatic rings. The van der Waals surface area contributed by atoms with Crippen LogP contribution in [-0.2, 0) is 0 Å². The molecule has 0 spiro atoms. The average Bonchev–Trinajstić information content (AvgIpc) is 2.49. The van der Waals surface area contributed by atoms with Crippen molar-refractivity contribution in [1.29, 1.82) is 0 Å². The lowest BCUT2D eigenvalue weighted by Crippen LogP contribution is -2.03. The number of rotatable bonds is 2. The van der Waals surface area contributed by atoms with Crippen LogP contribution in [0.2, 0.25) is 0 Å². The van der Waals surface area contributed by atoms with Gasteiger partial charge in [-0.1, -0.05) is 24.3 Å². The number of carbonyl (C=O) groups is 1. The number of fused-ring (bicyclic) bond motifs is 1. The van der Waals surface area contributed by atoms with Crippen LogP contribution in [-0.4, -0.2) is 10.8 Å². The summed E-state index contributed by atoms with van der Waals surface area (Å²) in [5.41, 5.74) is 0.786. The van der Waals surface area contributed by atoms with E-state index >= 15 is 0 Å². The molecule has 0 radical (unpaired) electrons. The minimum atomic E-state index is -0.455. The minimum absolute atomic E-state index is 0.235. The van der Waals surface area contributed by atoms with E-state index in [4.69, 9.17) is 0 Å². The van der Waals surface area contributed by atoms with Crippen molar-refractivity contribution in [1.82, 2.24) is 4.98 Å². The average molecular weight is 330 g/mol. The summed E-state index contributed by atoms with van der Waals surface area (Å²) < 4.78 is 13.9. The van der Waals surface area contributed by atoms with E-state index in [-0.39, 0.29) is 5.78 Å². The Hall–Kier alpha value is -2.07. The molecule has 0 saturated carbocycles. The molecule has 0 aliphatic rings. The summed E-state index contributed by atoms with van der Waals surface area (Å²) in [6.07, 6.45) is 3.22. The highest BCUT2D eigenvalue weighted by Crippen LogP contribution is 2.22. The van der Waals surface area contributed by atoms with Crippen LogP contribution in [0.3, 0.4) is 0 Å². The van der Waals surface area contributed by atoms with Crippen molar-refractivity contribution >= 4 is 32.5 Å². The van der Waals surface area contributed by atoms with Crippen LogP contribution in [0.1, 0.15) is 15.9 Å². The summed E-state index contributed by atoms with van der Waals surface area (Å²) in [5, 5.41) is 1.70. The summed E-state index contributed by atoms with van der Waals surface area (Å²) in [7, 11) is 0. The molecule has 0 aliphatic heterocycles. The van der Waals surface area contributed by atoms with Crippen molar-refractivity contribution in [2.24, 2.45) is 0 Å². The maximum absolute atomic E-state index is 13.6. The molecular weight excluding hydrogens is 321 g/mol. The monoisotopic (exact) mass is 329 g/mol. The van der Waals surface area contributed by atoms with Crippen LogP contribution >= 0.6 is 15.9 Å². The number of ketones is 1. The van der Waals surface area contributed by atoms with Crippen molar-refractivity contribution in [3.8, 4) is 0 Å². The fraction of sp³-hybridized carbons (Fsp3) is 0. The third kappa shape index (κ3) is 2.23. The molecule has 1 aromatic heterocycles. The van der Waals surface area contributed by atoms with Gasteiger partial charge >= 0.3 is 0 Å². The zero-order valence-electron chi connectivity index (χ0n) is 10.3. The number of nitrogens with zero attached hydrogens (tertiary/aromatic N) is 1. The topological polar surface area (TPSA) is 30.0 Å². The summed E-state index contributed by atoms with van der Waals surface area (Å²) in [5.74, 6) is -0.690. The predicted molar refractivity (Wildman–Crippen MR) is 79.3 cm³/mol. The van der Waals surface area contributed by atoms with E-state index in [0.717, 1.165) is 10.8 Å². The normalized spacial score (nSPS) is 10.7. The molecule has 0 N–H and O–H groups in total. The first kappa shape index (κ1) is 12.9. The Balaban J connectivity index is 2.15. The summed E-state index contributed by atoms with van der Waals surface area (Å²) in [6, 6.07) is 11.9. The Morgan fingerprint density at radius 3 is 2.70 bits per heavy atom. The molecule has 0 unspecified atom stereocenters. The third-order valence-corrected chi connectivity index (χ3v) is 3.74. The lowest BCUT2D eigenvalue weighted by atomic mass is 10.00. The molecule has 0 saturated heterocycles. The highest BCUT2D eigenvalue weighted by molar-refractivity contribution is 9.10. The molecule has 20 heavy (non-hydrogen) atoms. The van der Waals surface area contributed by atoms with Gasteiger partial charge in [0.25, 0.3) is 0 Å². The molecule has 0 amide bonds. The van der Waals surface area contributed by atoms with Gasteiger partial charge < -0.3 is 0 Å². The van der Waals surface area contributed by atoms with Gasteiger partial charge in [0.1, 0.15) is 5.82 Å². The van der Waals surface area contributed by atoms with Crippen LogP contribution in [0.25, 0.3) is 10.8 Å². The zero-order valence-corrected chi connectivity index (χ0v) is 11.9. The van der Waals surface area contributed by atoms with Crippen molar-refractivity contribution in [2.75, 3.05) is 0 Å². The van der Waals surface area contributed by atoms with Crippen LogP contribution in [0, 0.1) is 5.82 Å². The Bertz CT molecular complexity index is 811.